The van der Waals surface area contributed by atoms with Crippen LogP contribution in [-0.4, -0.2) is 51.5 Å². The molecule has 2 atom stereocenters. The molecule has 0 aliphatic carbocycles. The standard InChI is InChI=1S/C13H22N4O/c1-16-5-2-3-11(8-16)13-14-12-7-10(9-18)4-6-17(12)15-13/h10-11,18H,2-9H2,1H3. The molecule has 3 rings (SSSR count). The van der Waals surface area contributed by atoms with E-state index >= 15 is 0 Å². The highest BCUT2D eigenvalue weighted by Crippen LogP contribution is 2.26. The summed E-state index contributed by atoms with van der Waals surface area (Å²) < 4.78 is 2.05. The molecule has 5 heteroatoms. The van der Waals surface area contributed by atoms with Crippen molar-refractivity contribution >= 4 is 0 Å². The van der Waals surface area contributed by atoms with Gasteiger partial charge in [-0.15, -0.1) is 0 Å². The van der Waals surface area contributed by atoms with E-state index in [4.69, 9.17) is 4.98 Å². The topological polar surface area (TPSA) is 54.2 Å². The first-order valence-electron chi connectivity index (χ1n) is 6.99. The monoisotopic (exact) mass is 250 g/mol. The molecule has 2 aliphatic rings. The Labute approximate surface area is 108 Å². The lowest BCUT2D eigenvalue weighted by Crippen LogP contribution is -2.31. The average Bonchev–Trinajstić information content (AvgIpc) is 2.81. The third-order valence-electron chi connectivity index (χ3n) is 4.23. The summed E-state index contributed by atoms with van der Waals surface area (Å²) in [5, 5.41) is 13.9. The van der Waals surface area contributed by atoms with Gasteiger partial charge >= 0.3 is 0 Å². The molecule has 18 heavy (non-hydrogen) atoms. The molecule has 0 bridgehead atoms. The van der Waals surface area contributed by atoms with Crippen molar-refractivity contribution < 1.29 is 5.11 Å². The normalized spacial score (nSPS) is 29.2. The average molecular weight is 250 g/mol. The molecule has 2 aliphatic heterocycles. The highest BCUT2D eigenvalue weighted by Gasteiger charge is 2.26. The molecular weight excluding hydrogens is 228 g/mol. The second kappa shape index (κ2) is 4.97. The van der Waals surface area contributed by atoms with E-state index in [9.17, 15) is 5.11 Å². The molecule has 2 unspecified atom stereocenters. The third kappa shape index (κ3) is 2.29. The molecule has 1 N–H and O–H groups in total. The Morgan fingerprint density at radius 3 is 3.00 bits per heavy atom. The predicted molar refractivity (Wildman–Crippen MR) is 68.4 cm³/mol. The molecule has 3 heterocycles. The number of nitrogens with zero attached hydrogens (tertiary/aromatic N) is 4. The molecule has 1 fully saturated rings. The maximum atomic E-state index is 9.24. The first-order valence-corrected chi connectivity index (χ1v) is 6.99. The van der Waals surface area contributed by atoms with E-state index < -0.39 is 0 Å². The minimum absolute atomic E-state index is 0.272. The van der Waals surface area contributed by atoms with Crippen LogP contribution in [-0.2, 0) is 13.0 Å². The van der Waals surface area contributed by atoms with Crippen LogP contribution in [0.1, 0.15) is 36.8 Å². The van der Waals surface area contributed by atoms with Crippen LogP contribution >= 0.6 is 0 Å². The van der Waals surface area contributed by atoms with E-state index in [0.717, 1.165) is 37.6 Å². The summed E-state index contributed by atoms with van der Waals surface area (Å²) in [5.41, 5.74) is 0. The second-order valence-corrected chi connectivity index (χ2v) is 5.75. The molecule has 0 spiro atoms. The predicted octanol–water partition coefficient (Wildman–Crippen LogP) is 0.642. The van der Waals surface area contributed by atoms with Crippen LogP contribution in [0.15, 0.2) is 0 Å². The van der Waals surface area contributed by atoms with Gasteiger partial charge in [0, 0.05) is 32.0 Å². The number of rotatable bonds is 2. The Balaban J connectivity index is 1.76. The lowest BCUT2D eigenvalue weighted by atomic mass is 9.97. The Morgan fingerprint density at radius 1 is 1.33 bits per heavy atom. The van der Waals surface area contributed by atoms with Gasteiger partial charge in [0.1, 0.15) is 5.82 Å². The Kier molecular flexibility index (Phi) is 3.35. The summed E-state index contributed by atoms with van der Waals surface area (Å²) >= 11 is 0. The van der Waals surface area contributed by atoms with Crippen LogP contribution in [0.25, 0.3) is 0 Å². The van der Waals surface area contributed by atoms with Crippen molar-refractivity contribution in [3.8, 4) is 0 Å². The SMILES string of the molecule is CN1CCCC(c2nc3n(n2)CCC(CO)C3)C1. The first-order chi connectivity index (χ1) is 8.76. The van der Waals surface area contributed by atoms with E-state index in [0.29, 0.717) is 11.8 Å². The van der Waals surface area contributed by atoms with Crippen LogP contribution in [0.3, 0.4) is 0 Å². The van der Waals surface area contributed by atoms with E-state index in [1.165, 1.54) is 19.4 Å². The van der Waals surface area contributed by atoms with E-state index in [1.807, 2.05) is 0 Å². The number of hydrogen-bond donors (Lipinski definition) is 1. The number of aliphatic hydroxyl groups excluding tert-OH is 1. The van der Waals surface area contributed by atoms with Crippen LogP contribution < -0.4 is 0 Å². The Hall–Kier alpha value is -0.940. The van der Waals surface area contributed by atoms with Gasteiger partial charge in [-0.05, 0) is 38.8 Å². The van der Waals surface area contributed by atoms with Crippen molar-refractivity contribution in [1.29, 1.82) is 0 Å². The van der Waals surface area contributed by atoms with Gasteiger partial charge < -0.3 is 10.0 Å². The summed E-state index contributed by atoms with van der Waals surface area (Å²) in [4.78, 5) is 7.09. The highest BCUT2D eigenvalue weighted by atomic mass is 16.3. The quantitative estimate of drug-likeness (QED) is 0.837. The molecular formula is C13H22N4O. The Bertz CT molecular complexity index is 417. The molecule has 100 valence electrons. The van der Waals surface area contributed by atoms with Crippen molar-refractivity contribution in [3.05, 3.63) is 11.6 Å². The number of hydrogen-bond acceptors (Lipinski definition) is 4. The van der Waals surface area contributed by atoms with Gasteiger partial charge in [-0.3, -0.25) is 0 Å². The number of piperidine rings is 1. The molecule has 5 nitrogen and oxygen atoms in total. The lowest BCUT2D eigenvalue weighted by molar-refractivity contribution is 0.196. The van der Waals surface area contributed by atoms with Crippen molar-refractivity contribution in [3.63, 3.8) is 0 Å². The summed E-state index contributed by atoms with van der Waals surface area (Å²) in [6.07, 6.45) is 4.35. The molecule has 1 aromatic rings. The maximum Gasteiger partial charge on any atom is 0.155 e. The Morgan fingerprint density at radius 2 is 2.22 bits per heavy atom. The molecule has 0 saturated carbocycles. The highest BCUT2D eigenvalue weighted by molar-refractivity contribution is 5.04. The van der Waals surface area contributed by atoms with Crippen molar-refractivity contribution in [2.75, 3.05) is 26.7 Å². The summed E-state index contributed by atoms with van der Waals surface area (Å²) in [6.45, 7) is 3.45. The molecule has 1 aromatic heterocycles. The number of aliphatic hydroxyl groups is 1. The molecule has 0 aromatic carbocycles. The van der Waals surface area contributed by atoms with Gasteiger partial charge in [0.2, 0.25) is 0 Å². The second-order valence-electron chi connectivity index (χ2n) is 5.75. The van der Waals surface area contributed by atoms with E-state index in [1.54, 1.807) is 0 Å². The van der Waals surface area contributed by atoms with Gasteiger partial charge in [0.25, 0.3) is 0 Å². The number of fused-ring (bicyclic) bond motifs is 1. The number of likely N-dealkylation sites (tertiary alicyclic amines) is 1. The summed E-state index contributed by atoms with van der Waals surface area (Å²) in [7, 11) is 2.17. The zero-order valence-electron chi connectivity index (χ0n) is 11.0. The van der Waals surface area contributed by atoms with Crippen LogP contribution in [0.5, 0.6) is 0 Å². The summed E-state index contributed by atoms with van der Waals surface area (Å²) in [6, 6.07) is 0. The van der Waals surface area contributed by atoms with E-state index in [-0.39, 0.29) is 6.61 Å². The third-order valence-corrected chi connectivity index (χ3v) is 4.23. The van der Waals surface area contributed by atoms with E-state index in [2.05, 4.69) is 21.7 Å². The van der Waals surface area contributed by atoms with Gasteiger partial charge in [0.05, 0.1) is 0 Å². The number of likely N-dealkylation sites (N-methyl/N-ethyl adjacent to an activating group) is 1. The van der Waals surface area contributed by atoms with Gasteiger partial charge in [-0.1, -0.05) is 0 Å². The fourth-order valence-electron chi connectivity index (χ4n) is 3.09. The lowest BCUT2D eigenvalue weighted by Gasteiger charge is -2.27. The zero-order chi connectivity index (χ0) is 12.5. The number of aryl methyl sites for hydroxylation is 1. The van der Waals surface area contributed by atoms with Gasteiger partial charge in [-0.25, -0.2) is 9.67 Å². The minimum atomic E-state index is 0.272. The summed E-state index contributed by atoms with van der Waals surface area (Å²) in [5.74, 6) is 2.97. The minimum Gasteiger partial charge on any atom is -0.396 e. The van der Waals surface area contributed by atoms with Crippen LogP contribution in [0, 0.1) is 5.92 Å². The van der Waals surface area contributed by atoms with Crippen molar-refractivity contribution in [2.45, 2.75) is 38.1 Å². The van der Waals surface area contributed by atoms with Crippen LogP contribution in [0.2, 0.25) is 0 Å². The number of aromatic nitrogens is 3. The maximum absolute atomic E-state index is 9.24. The molecule has 1 saturated heterocycles. The van der Waals surface area contributed by atoms with Crippen LogP contribution in [0.4, 0.5) is 0 Å². The smallest absolute Gasteiger partial charge is 0.155 e. The van der Waals surface area contributed by atoms with Crippen molar-refractivity contribution in [2.24, 2.45) is 5.92 Å². The fraction of sp³-hybridized carbons (Fsp3) is 0.846. The van der Waals surface area contributed by atoms with Gasteiger partial charge in [0.15, 0.2) is 5.82 Å². The zero-order valence-corrected chi connectivity index (χ0v) is 11.0. The fourth-order valence-corrected chi connectivity index (χ4v) is 3.09. The molecule has 0 radical (unpaired) electrons. The molecule has 0 amide bonds. The largest absolute Gasteiger partial charge is 0.396 e. The van der Waals surface area contributed by atoms with Gasteiger partial charge in [-0.2, -0.15) is 5.10 Å². The van der Waals surface area contributed by atoms with Crippen molar-refractivity contribution in [1.82, 2.24) is 19.7 Å². The first kappa shape index (κ1) is 12.1.